The summed E-state index contributed by atoms with van der Waals surface area (Å²) in [4.78, 5) is 12.4. The van der Waals surface area contributed by atoms with Crippen molar-refractivity contribution in [2.45, 2.75) is 18.9 Å². The van der Waals surface area contributed by atoms with Gasteiger partial charge in [-0.25, -0.2) is 4.79 Å². The van der Waals surface area contributed by atoms with Gasteiger partial charge in [0.2, 0.25) is 0 Å². The number of thiocarbonyl (C=S) groups is 1. The number of likely N-dealkylation sites (tertiary alicyclic amines) is 1. The van der Waals surface area contributed by atoms with Crippen LogP contribution >= 0.6 is 12.2 Å². The molecule has 0 aliphatic carbocycles. The first-order valence-corrected chi connectivity index (χ1v) is 4.29. The minimum Gasteiger partial charge on any atom is -0.480 e. The fourth-order valence-corrected chi connectivity index (χ4v) is 1.63. The van der Waals surface area contributed by atoms with E-state index in [0.717, 1.165) is 13.0 Å². The van der Waals surface area contributed by atoms with Crippen LogP contribution in [0.1, 0.15) is 12.8 Å². The average Bonchev–Trinajstić information content (AvgIpc) is 2.50. The standard InChI is InChI=1S/C7H12N2O2S/c1-8-7(12)9-4-2-3-5(9)6(10)11/h5H,2-4H2,1H3,(H,8,12)(H,10,11)/t5-/m0/s1. The summed E-state index contributed by atoms with van der Waals surface area (Å²) in [5, 5.41) is 12.1. The Kier molecular flexibility index (Phi) is 2.86. The van der Waals surface area contributed by atoms with Gasteiger partial charge in [-0.2, -0.15) is 0 Å². The maximum atomic E-state index is 10.7. The number of rotatable bonds is 1. The van der Waals surface area contributed by atoms with E-state index in [1.165, 1.54) is 0 Å². The molecule has 0 aromatic heterocycles. The van der Waals surface area contributed by atoms with E-state index in [-0.39, 0.29) is 0 Å². The molecule has 0 unspecified atom stereocenters. The molecule has 4 nitrogen and oxygen atoms in total. The fraction of sp³-hybridized carbons (Fsp3) is 0.714. The van der Waals surface area contributed by atoms with Crippen molar-refractivity contribution in [3.05, 3.63) is 0 Å². The number of aliphatic carboxylic acids is 1. The van der Waals surface area contributed by atoms with Gasteiger partial charge in [0.1, 0.15) is 6.04 Å². The molecule has 1 heterocycles. The second-order valence-corrected chi connectivity index (χ2v) is 3.13. The summed E-state index contributed by atoms with van der Waals surface area (Å²) in [6.45, 7) is 0.747. The van der Waals surface area contributed by atoms with Crippen molar-refractivity contribution in [2.75, 3.05) is 13.6 Å². The van der Waals surface area contributed by atoms with Crippen molar-refractivity contribution in [3.8, 4) is 0 Å². The minimum atomic E-state index is -0.787. The van der Waals surface area contributed by atoms with Crippen LogP contribution in [0.5, 0.6) is 0 Å². The third kappa shape index (κ3) is 1.66. The Morgan fingerprint density at radius 2 is 2.42 bits per heavy atom. The molecule has 68 valence electrons. The van der Waals surface area contributed by atoms with Gasteiger partial charge in [0, 0.05) is 13.6 Å². The van der Waals surface area contributed by atoms with Crippen LogP contribution in [0.4, 0.5) is 0 Å². The second kappa shape index (κ2) is 3.71. The Bertz CT molecular complexity index is 208. The van der Waals surface area contributed by atoms with Gasteiger partial charge < -0.3 is 15.3 Å². The zero-order chi connectivity index (χ0) is 9.14. The number of carbonyl (C=O) groups is 1. The van der Waals surface area contributed by atoms with Gasteiger partial charge in [0.15, 0.2) is 5.11 Å². The molecule has 2 N–H and O–H groups in total. The lowest BCUT2D eigenvalue weighted by molar-refractivity contribution is -0.140. The molecule has 1 fully saturated rings. The molecule has 0 aromatic carbocycles. The Morgan fingerprint density at radius 3 is 2.92 bits per heavy atom. The predicted octanol–water partition coefficient (Wildman–Crippen LogP) is 0.0397. The predicted molar refractivity (Wildman–Crippen MR) is 49.0 cm³/mol. The quantitative estimate of drug-likeness (QED) is 0.569. The fourth-order valence-electron chi connectivity index (χ4n) is 1.41. The molecule has 1 atom stereocenters. The highest BCUT2D eigenvalue weighted by Gasteiger charge is 2.31. The van der Waals surface area contributed by atoms with E-state index < -0.39 is 12.0 Å². The third-order valence-electron chi connectivity index (χ3n) is 2.01. The molecule has 1 saturated heterocycles. The highest BCUT2D eigenvalue weighted by atomic mass is 32.1. The summed E-state index contributed by atoms with van der Waals surface area (Å²) in [6.07, 6.45) is 1.59. The van der Waals surface area contributed by atoms with Crippen molar-refractivity contribution in [2.24, 2.45) is 0 Å². The zero-order valence-electron chi connectivity index (χ0n) is 6.91. The number of hydrogen-bond donors (Lipinski definition) is 2. The van der Waals surface area contributed by atoms with Crippen molar-refractivity contribution >= 4 is 23.3 Å². The number of nitrogens with one attached hydrogen (secondary N) is 1. The van der Waals surface area contributed by atoms with Gasteiger partial charge in [-0.15, -0.1) is 0 Å². The molecule has 0 radical (unpaired) electrons. The number of hydrogen-bond acceptors (Lipinski definition) is 2. The molecule has 0 amide bonds. The zero-order valence-corrected chi connectivity index (χ0v) is 7.73. The Labute approximate surface area is 76.5 Å². The summed E-state index contributed by atoms with van der Waals surface area (Å²) in [5.74, 6) is -0.787. The topological polar surface area (TPSA) is 52.6 Å². The Morgan fingerprint density at radius 1 is 1.75 bits per heavy atom. The molecule has 0 aromatic rings. The lowest BCUT2D eigenvalue weighted by Gasteiger charge is -2.23. The van der Waals surface area contributed by atoms with E-state index in [0.29, 0.717) is 11.5 Å². The summed E-state index contributed by atoms with van der Waals surface area (Å²) in [6, 6.07) is -0.426. The van der Waals surface area contributed by atoms with Crippen LogP contribution in [0.25, 0.3) is 0 Å². The summed E-state index contributed by atoms with van der Waals surface area (Å²) >= 11 is 4.96. The highest BCUT2D eigenvalue weighted by Crippen LogP contribution is 2.16. The Hall–Kier alpha value is -0.840. The minimum absolute atomic E-state index is 0.426. The molecule has 12 heavy (non-hydrogen) atoms. The van der Waals surface area contributed by atoms with Crippen LogP contribution < -0.4 is 5.32 Å². The van der Waals surface area contributed by atoms with E-state index in [2.05, 4.69) is 5.32 Å². The van der Waals surface area contributed by atoms with Crippen LogP contribution in [0.15, 0.2) is 0 Å². The second-order valence-electron chi connectivity index (χ2n) is 2.74. The van der Waals surface area contributed by atoms with E-state index in [1.54, 1.807) is 11.9 Å². The lowest BCUT2D eigenvalue weighted by Crippen LogP contribution is -2.44. The Balaban J connectivity index is 2.63. The van der Waals surface area contributed by atoms with E-state index in [1.807, 2.05) is 0 Å². The van der Waals surface area contributed by atoms with Crippen molar-refractivity contribution < 1.29 is 9.90 Å². The van der Waals surface area contributed by atoms with Crippen LogP contribution in [0, 0.1) is 0 Å². The SMILES string of the molecule is CNC(=S)N1CCC[C@H]1C(=O)O. The first-order chi connectivity index (χ1) is 5.66. The van der Waals surface area contributed by atoms with Crippen molar-refractivity contribution in [1.29, 1.82) is 0 Å². The van der Waals surface area contributed by atoms with E-state index in [4.69, 9.17) is 17.3 Å². The van der Waals surface area contributed by atoms with Crippen molar-refractivity contribution in [3.63, 3.8) is 0 Å². The molecule has 0 bridgehead atoms. The van der Waals surface area contributed by atoms with Gasteiger partial charge in [-0.1, -0.05) is 0 Å². The molecular weight excluding hydrogens is 176 g/mol. The van der Waals surface area contributed by atoms with Crippen LogP contribution in [-0.2, 0) is 4.79 Å². The molecule has 1 aliphatic heterocycles. The monoisotopic (exact) mass is 188 g/mol. The van der Waals surface area contributed by atoms with Crippen LogP contribution in [-0.4, -0.2) is 40.7 Å². The average molecular weight is 188 g/mol. The first-order valence-electron chi connectivity index (χ1n) is 3.88. The maximum absolute atomic E-state index is 10.7. The van der Waals surface area contributed by atoms with E-state index in [9.17, 15) is 4.79 Å². The highest BCUT2D eigenvalue weighted by molar-refractivity contribution is 7.80. The molecule has 1 rings (SSSR count). The third-order valence-corrected chi connectivity index (χ3v) is 2.45. The largest absolute Gasteiger partial charge is 0.480 e. The van der Waals surface area contributed by atoms with E-state index >= 15 is 0 Å². The summed E-state index contributed by atoms with van der Waals surface area (Å²) < 4.78 is 0. The van der Waals surface area contributed by atoms with Gasteiger partial charge in [-0.05, 0) is 25.1 Å². The smallest absolute Gasteiger partial charge is 0.326 e. The van der Waals surface area contributed by atoms with Crippen molar-refractivity contribution in [1.82, 2.24) is 10.2 Å². The maximum Gasteiger partial charge on any atom is 0.326 e. The molecule has 5 heteroatoms. The number of carboxylic acids is 1. The van der Waals surface area contributed by atoms with Gasteiger partial charge >= 0.3 is 5.97 Å². The first kappa shape index (κ1) is 9.25. The molecule has 1 aliphatic rings. The normalized spacial score (nSPS) is 22.4. The van der Waals surface area contributed by atoms with Gasteiger partial charge in [0.05, 0.1) is 0 Å². The number of carboxylic acid groups (broad SMARTS) is 1. The number of nitrogens with zero attached hydrogens (tertiary/aromatic N) is 1. The molecular formula is C7H12N2O2S. The van der Waals surface area contributed by atoms with Gasteiger partial charge in [0.25, 0.3) is 0 Å². The van der Waals surface area contributed by atoms with Crippen LogP contribution in [0.3, 0.4) is 0 Å². The molecule has 0 spiro atoms. The summed E-state index contributed by atoms with van der Waals surface area (Å²) in [5.41, 5.74) is 0. The van der Waals surface area contributed by atoms with Gasteiger partial charge in [-0.3, -0.25) is 0 Å². The van der Waals surface area contributed by atoms with Crippen LogP contribution in [0.2, 0.25) is 0 Å². The molecule has 0 saturated carbocycles. The lowest BCUT2D eigenvalue weighted by atomic mass is 10.2. The summed E-state index contributed by atoms with van der Waals surface area (Å²) in [7, 11) is 1.71.